The predicted octanol–water partition coefficient (Wildman–Crippen LogP) is 4.14. The number of fused-ring (bicyclic) bond motifs is 3. The van der Waals surface area contributed by atoms with E-state index in [0.29, 0.717) is 39.8 Å². The summed E-state index contributed by atoms with van der Waals surface area (Å²) >= 11 is 1.26. The van der Waals surface area contributed by atoms with Gasteiger partial charge in [-0.1, -0.05) is 65.9 Å². The van der Waals surface area contributed by atoms with Gasteiger partial charge in [-0.15, -0.1) is 10.2 Å². The van der Waals surface area contributed by atoms with Crippen molar-refractivity contribution in [3.8, 4) is 5.75 Å². The molecule has 35 heavy (non-hydrogen) atoms. The molecule has 3 aromatic carbocycles. The van der Waals surface area contributed by atoms with E-state index >= 15 is 0 Å². The first kappa shape index (κ1) is 22.7. The van der Waals surface area contributed by atoms with Crippen molar-refractivity contribution in [2.24, 2.45) is 0 Å². The van der Waals surface area contributed by atoms with E-state index in [1.165, 1.54) is 11.8 Å². The van der Waals surface area contributed by atoms with E-state index in [1.54, 1.807) is 29.9 Å². The van der Waals surface area contributed by atoms with Crippen LogP contribution >= 0.6 is 11.8 Å². The van der Waals surface area contributed by atoms with Crippen LogP contribution in [0.25, 0.3) is 16.7 Å². The predicted molar refractivity (Wildman–Crippen MR) is 137 cm³/mol. The van der Waals surface area contributed by atoms with Gasteiger partial charge < -0.3 is 10.1 Å². The molecule has 0 aliphatic rings. The third kappa shape index (κ3) is 4.50. The molecule has 0 radical (unpaired) electrons. The van der Waals surface area contributed by atoms with E-state index in [-0.39, 0.29) is 17.2 Å². The van der Waals surface area contributed by atoms with Crippen molar-refractivity contribution in [2.75, 3.05) is 18.2 Å². The number of carbonyl (C=O) groups is 1. The molecule has 5 rings (SSSR count). The smallest absolute Gasteiger partial charge is 0.263 e. The fraction of sp³-hybridized carbons (Fsp3) is 0.154. The summed E-state index contributed by atoms with van der Waals surface area (Å²) in [5.74, 6) is 0.935. The number of para-hydroxylation sites is 3. The number of nitrogens with one attached hydrogen (secondary N) is 1. The number of carbonyl (C=O) groups excluding carboxylic acids is 1. The molecule has 0 aliphatic carbocycles. The third-order valence-electron chi connectivity index (χ3n) is 5.65. The molecule has 8 nitrogen and oxygen atoms in total. The van der Waals surface area contributed by atoms with Gasteiger partial charge in [0.05, 0.1) is 36.0 Å². The van der Waals surface area contributed by atoms with Crippen LogP contribution in [0, 0.1) is 6.92 Å². The third-order valence-corrected chi connectivity index (χ3v) is 6.58. The van der Waals surface area contributed by atoms with Crippen LogP contribution in [-0.2, 0) is 11.3 Å². The highest BCUT2D eigenvalue weighted by atomic mass is 32.2. The molecule has 5 aromatic rings. The highest BCUT2D eigenvalue weighted by molar-refractivity contribution is 7.99. The number of hydrogen-bond donors (Lipinski definition) is 1. The number of benzene rings is 3. The van der Waals surface area contributed by atoms with Gasteiger partial charge in [0.2, 0.25) is 11.7 Å². The maximum absolute atomic E-state index is 13.4. The molecule has 176 valence electrons. The topological polar surface area (TPSA) is 90.5 Å². The summed E-state index contributed by atoms with van der Waals surface area (Å²) < 4.78 is 8.77. The highest BCUT2D eigenvalue weighted by Crippen LogP contribution is 2.25. The number of ether oxygens (including phenoxy) is 1. The second-order valence-electron chi connectivity index (χ2n) is 8.05. The monoisotopic (exact) mass is 485 g/mol. The minimum absolute atomic E-state index is 0.115. The van der Waals surface area contributed by atoms with Gasteiger partial charge in [-0.2, -0.15) is 0 Å². The lowest BCUT2D eigenvalue weighted by molar-refractivity contribution is -0.113. The molecular formula is C26H23N5O3S. The van der Waals surface area contributed by atoms with Crippen molar-refractivity contribution >= 4 is 40.0 Å². The number of methoxy groups -OCH3 is 1. The molecule has 0 bridgehead atoms. The minimum Gasteiger partial charge on any atom is -0.495 e. The van der Waals surface area contributed by atoms with Crippen molar-refractivity contribution in [3.05, 3.63) is 94.3 Å². The summed E-state index contributed by atoms with van der Waals surface area (Å²) in [5, 5.41) is 12.6. The molecule has 1 amide bonds. The molecule has 0 spiro atoms. The molecule has 0 unspecified atom stereocenters. The normalized spacial score (nSPS) is 11.1. The average molecular weight is 486 g/mol. The fourth-order valence-corrected chi connectivity index (χ4v) is 4.65. The van der Waals surface area contributed by atoms with E-state index in [2.05, 4.69) is 15.5 Å². The zero-order chi connectivity index (χ0) is 24.4. The van der Waals surface area contributed by atoms with Crippen LogP contribution in [0.5, 0.6) is 5.75 Å². The molecule has 2 heterocycles. The van der Waals surface area contributed by atoms with E-state index in [1.807, 2.05) is 65.9 Å². The number of amides is 1. The van der Waals surface area contributed by atoms with Crippen LogP contribution in [0.1, 0.15) is 11.1 Å². The Morgan fingerprint density at radius 1 is 1.00 bits per heavy atom. The van der Waals surface area contributed by atoms with Gasteiger partial charge in [0.15, 0.2) is 5.16 Å². The number of hydrogen-bond acceptors (Lipinski definition) is 6. The highest BCUT2D eigenvalue weighted by Gasteiger charge is 2.18. The Labute approximate surface area is 205 Å². The molecule has 2 aromatic heterocycles. The van der Waals surface area contributed by atoms with Crippen LogP contribution < -0.4 is 15.6 Å². The summed E-state index contributed by atoms with van der Waals surface area (Å²) in [7, 11) is 1.56. The Morgan fingerprint density at radius 3 is 2.54 bits per heavy atom. The largest absolute Gasteiger partial charge is 0.495 e. The summed E-state index contributed by atoms with van der Waals surface area (Å²) in [5.41, 5.74) is 3.31. The van der Waals surface area contributed by atoms with Crippen LogP contribution in [0.3, 0.4) is 0 Å². The van der Waals surface area contributed by atoms with Crippen molar-refractivity contribution in [2.45, 2.75) is 18.6 Å². The molecular weight excluding hydrogens is 462 g/mol. The number of nitrogens with zero attached hydrogens (tertiary/aromatic N) is 4. The van der Waals surface area contributed by atoms with E-state index < -0.39 is 0 Å². The zero-order valence-corrected chi connectivity index (χ0v) is 20.1. The molecule has 1 N–H and O–H groups in total. The molecule has 0 saturated carbocycles. The van der Waals surface area contributed by atoms with Crippen LogP contribution in [0.15, 0.2) is 82.7 Å². The SMILES string of the molecule is COc1ccccc1NC(=O)CSc1nnc2n(Cc3ccc(C)cc3)c(=O)c3ccccc3n12. The van der Waals surface area contributed by atoms with Gasteiger partial charge in [-0.25, -0.2) is 0 Å². The molecule has 0 atom stereocenters. The Hall–Kier alpha value is -4.11. The lowest BCUT2D eigenvalue weighted by Gasteiger charge is -2.12. The molecule has 9 heteroatoms. The summed E-state index contributed by atoms with van der Waals surface area (Å²) in [6.45, 7) is 2.39. The average Bonchev–Trinajstić information content (AvgIpc) is 3.31. The van der Waals surface area contributed by atoms with Crippen molar-refractivity contribution < 1.29 is 9.53 Å². The number of thioether (sulfide) groups is 1. The van der Waals surface area contributed by atoms with Gasteiger partial charge in [0, 0.05) is 0 Å². The second-order valence-corrected chi connectivity index (χ2v) is 8.99. The minimum atomic E-state index is -0.200. The van der Waals surface area contributed by atoms with Gasteiger partial charge in [0.25, 0.3) is 5.56 Å². The molecule has 0 saturated heterocycles. The van der Waals surface area contributed by atoms with E-state index in [9.17, 15) is 9.59 Å². The Kier molecular flexibility index (Phi) is 6.24. The van der Waals surface area contributed by atoms with Gasteiger partial charge in [-0.3, -0.25) is 18.6 Å². The van der Waals surface area contributed by atoms with Gasteiger partial charge in [-0.05, 0) is 36.8 Å². The second kappa shape index (κ2) is 9.63. The number of rotatable bonds is 7. The summed E-state index contributed by atoms with van der Waals surface area (Å²) in [4.78, 5) is 26.0. The van der Waals surface area contributed by atoms with E-state index in [0.717, 1.165) is 11.1 Å². The lowest BCUT2D eigenvalue weighted by Crippen LogP contribution is -2.24. The lowest BCUT2D eigenvalue weighted by atomic mass is 10.1. The maximum atomic E-state index is 13.4. The number of anilines is 1. The maximum Gasteiger partial charge on any atom is 0.263 e. The molecule has 0 fully saturated rings. The molecule has 0 aliphatic heterocycles. The van der Waals surface area contributed by atoms with Crippen LogP contribution in [0.4, 0.5) is 5.69 Å². The van der Waals surface area contributed by atoms with Gasteiger partial charge in [0.1, 0.15) is 5.75 Å². The fourth-order valence-electron chi connectivity index (χ4n) is 3.91. The van der Waals surface area contributed by atoms with Crippen molar-refractivity contribution in [1.29, 1.82) is 0 Å². The van der Waals surface area contributed by atoms with Crippen molar-refractivity contribution in [3.63, 3.8) is 0 Å². The van der Waals surface area contributed by atoms with Crippen LogP contribution in [0.2, 0.25) is 0 Å². The number of aryl methyl sites for hydroxylation is 1. The van der Waals surface area contributed by atoms with Gasteiger partial charge >= 0.3 is 0 Å². The summed E-state index contributed by atoms with van der Waals surface area (Å²) in [6, 6.07) is 22.6. The Balaban J connectivity index is 1.49. The van der Waals surface area contributed by atoms with E-state index in [4.69, 9.17) is 4.74 Å². The summed E-state index contributed by atoms with van der Waals surface area (Å²) in [6.07, 6.45) is 0. The first-order valence-corrected chi connectivity index (χ1v) is 12.0. The first-order valence-electron chi connectivity index (χ1n) is 11.0. The Bertz CT molecular complexity index is 1590. The number of aromatic nitrogens is 4. The quantitative estimate of drug-likeness (QED) is 0.349. The first-order chi connectivity index (χ1) is 17.0. The standard InChI is InChI=1S/C26H23N5O3S/c1-17-11-13-18(14-12-17)15-30-24(33)19-7-3-5-9-21(19)31-25(30)28-29-26(31)35-16-23(32)27-20-8-4-6-10-22(20)34-2/h3-14H,15-16H2,1-2H3,(H,27,32). The zero-order valence-electron chi connectivity index (χ0n) is 19.3. The van der Waals surface area contributed by atoms with Crippen LogP contribution in [-0.4, -0.2) is 37.9 Å². The Morgan fingerprint density at radius 2 is 1.74 bits per heavy atom. The van der Waals surface area contributed by atoms with Crippen molar-refractivity contribution in [1.82, 2.24) is 19.2 Å².